The molecule has 4 rings (SSSR count). The van der Waals surface area contributed by atoms with Crippen LogP contribution in [0.3, 0.4) is 0 Å². The number of likely N-dealkylation sites (N-methyl/N-ethyl adjacent to an activating group) is 1. The third-order valence-electron chi connectivity index (χ3n) is 5.02. The van der Waals surface area contributed by atoms with E-state index in [4.69, 9.17) is 9.47 Å². The average molecular weight is 498 g/mol. The van der Waals surface area contributed by atoms with Crippen molar-refractivity contribution < 1.29 is 23.9 Å². The first-order chi connectivity index (χ1) is 16.7. The largest absolute Gasteiger partial charge is 0.480 e. The van der Waals surface area contributed by atoms with Gasteiger partial charge in [0, 0.05) is 57.3 Å². The molecule has 2 aromatic heterocycles. The van der Waals surface area contributed by atoms with Crippen LogP contribution in [0, 0.1) is 6.92 Å². The van der Waals surface area contributed by atoms with E-state index in [2.05, 4.69) is 24.6 Å². The van der Waals surface area contributed by atoms with E-state index in [0.717, 1.165) is 11.5 Å². The minimum atomic E-state index is -0.659. The van der Waals surface area contributed by atoms with Crippen LogP contribution in [0.25, 0.3) is 0 Å². The molecule has 182 valence electrons. The molecule has 1 N–H and O–H groups in total. The fourth-order valence-electron chi connectivity index (χ4n) is 3.24. The number of hydrogen-bond donors (Lipinski definition) is 1. The zero-order valence-corrected chi connectivity index (χ0v) is 20.3. The number of carbonyl (C=O) groups excluding carboxylic acids is 3. The van der Waals surface area contributed by atoms with E-state index in [-0.39, 0.29) is 40.5 Å². The predicted molar refractivity (Wildman–Crippen MR) is 126 cm³/mol. The molecule has 0 spiro atoms. The summed E-state index contributed by atoms with van der Waals surface area (Å²) >= 11 is 1.06. The summed E-state index contributed by atoms with van der Waals surface area (Å²) in [5.74, 6) is 0.285. The van der Waals surface area contributed by atoms with Crippen LogP contribution in [0.2, 0.25) is 0 Å². The molecule has 1 aromatic carbocycles. The number of ether oxygens (including phenoxy) is 2. The Hall–Kier alpha value is -4.13. The van der Waals surface area contributed by atoms with Gasteiger partial charge in [0.1, 0.15) is 23.0 Å². The third-order valence-corrected chi connectivity index (χ3v) is 5.74. The Bertz CT molecular complexity index is 1260. The van der Waals surface area contributed by atoms with E-state index >= 15 is 0 Å². The Morgan fingerprint density at radius 3 is 2.54 bits per heavy atom. The third kappa shape index (κ3) is 5.69. The van der Waals surface area contributed by atoms with Crippen LogP contribution in [0.4, 0.5) is 5.13 Å². The fourth-order valence-corrected chi connectivity index (χ4v) is 3.81. The summed E-state index contributed by atoms with van der Waals surface area (Å²) in [6, 6.07) is 4.57. The van der Waals surface area contributed by atoms with Gasteiger partial charge in [-0.05, 0) is 19.1 Å². The molecule has 1 fully saturated rings. The van der Waals surface area contributed by atoms with Gasteiger partial charge in [-0.1, -0.05) is 0 Å². The van der Waals surface area contributed by atoms with Gasteiger partial charge in [-0.2, -0.15) is 4.37 Å². The van der Waals surface area contributed by atoms with Crippen LogP contribution in [0.5, 0.6) is 17.4 Å². The summed E-state index contributed by atoms with van der Waals surface area (Å²) in [4.78, 5) is 52.5. The second-order valence-corrected chi connectivity index (χ2v) is 8.74. The standard InChI is InChI=1S/C22H23N7O5S/c1-12-25-22(35-27-12)26-19(30)13-7-14(33-17-5-6-29(4)21(17)32)9-15(8-13)34-18-11-23-16(10-24-18)20(31)28(2)3/h7-11,17H,5-6H2,1-4H3,(H,25,26,27,30)/t17-/m0/s1. The average Bonchev–Trinajstić information content (AvgIpc) is 3.38. The number of hydrogen-bond acceptors (Lipinski definition) is 10. The van der Waals surface area contributed by atoms with Gasteiger partial charge < -0.3 is 19.3 Å². The molecule has 3 aromatic rings. The molecule has 0 bridgehead atoms. The molecule has 0 radical (unpaired) electrons. The van der Waals surface area contributed by atoms with Crippen molar-refractivity contribution in [2.24, 2.45) is 0 Å². The van der Waals surface area contributed by atoms with Crippen LogP contribution in [-0.2, 0) is 4.79 Å². The monoisotopic (exact) mass is 497 g/mol. The number of rotatable bonds is 7. The van der Waals surface area contributed by atoms with Crippen molar-refractivity contribution in [1.29, 1.82) is 0 Å². The summed E-state index contributed by atoms with van der Waals surface area (Å²) in [5, 5.41) is 3.03. The maximum absolute atomic E-state index is 12.9. The lowest BCUT2D eigenvalue weighted by atomic mass is 10.2. The normalized spacial score (nSPS) is 15.1. The molecule has 13 heteroatoms. The molecule has 1 atom stereocenters. The van der Waals surface area contributed by atoms with Gasteiger partial charge in [-0.15, -0.1) is 0 Å². The predicted octanol–water partition coefficient (Wildman–Crippen LogP) is 1.99. The SMILES string of the molecule is Cc1nsc(NC(=O)c2cc(Oc3cnc(C(=O)N(C)C)cn3)cc(O[C@H]3CCN(C)C3=O)c2)n1. The Morgan fingerprint density at radius 2 is 1.94 bits per heavy atom. The quantitative estimate of drug-likeness (QED) is 0.519. The van der Waals surface area contributed by atoms with E-state index in [9.17, 15) is 14.4 Å². The molecule has 0 unspecified atom stereocenters. The van der Waals surface area contributed by atoms with Crippen molar-refractivity contribution in [3.63, 3.8) is 0 Å². The Labute approximate surface area is 205 Å². The highest BCUT2D eigenvalue weighted by Crippen LogP contribution is 2.29. The molecular weight excluding hydrogens is 474 g/mol. The fraction of sp³-hybridized carbons (Fsp3) is 0.318. The van der Waals surface area contributed by atoms with Gasteiger partial charge >= 0.3 is 0 Å². The Balaban J connectivity index is 1.59. The maximum Gasteiger partial charge on any atom is 0.273 e. The summed E-state index contributed by atoms with van der Waals surface area (Å²) in [7, 11) is 4.93. The summed E-state index contributed by atoms with van der Waals surface area (Å²) in [6.07, 6.45) is 2.48. The molecular formula is C22H23N7O5S. The van der Waals surface area contributed by atoms with Gasteiger partial charge in [0.15, 0.2) is 6.10 Å². The summed E-state index contributed by atoms with van der Waals surface area (Å²) in [6.45, 7) is 2.30. The van der Waals surface area contributed by atoms with Crippen molar-refractivity contribution in [3.05, 3.63) is 47.7 Å². The molecule has 3 amide bonds. The molecule has 0 aliphatic carbocycles. The lowest BCUT2D eigenvalue weighted by molar-refractivity contribution is -0.132. The topological polar surface area (TPSA) is 140 Å². The van der Waals surface area contributed by atoms with E-state index in [1.165, 1.54) is 29.4 Å². The summed E-state index contributed by atoms with van der Waals surface area (Å²) < 4.78 is 15.7. The van der Waals surface area contributed by atoms with Crippen molar-refractivity contribution in [3.8, 4) is 17.4 Å². The first-order valence-corrected chi connectivity index (χ1v) is 11.4. The zero-order valence-electron chi connectivity index (χ0n) is 19.5. The van der Waals surface area contributed by atoms with Gasteiger partial charge in [0.25, 0.3) is 17.7 Å². The van der Waals surface area contributed by atoms with Gasteiger partial charge in [-0.3, -0.25) is 19.7 Å². The first kappa shape index (κ1) is 24.0. The number of aryl methyl sites for hydroxylation is 1. The number of likely N-dealkylation sites (tertiary alicyclic amines) is 1. The van der Waals surface area contributed by atoms with Crippen LogP contribution in [0.1, 0.15) is 33.1 Å². The molecule has 12 nitrogen and oxygen atoms in total. The molecule has 3 heterocycles. The zero-order chi connectivity index (χ0) is 25.1. The second-order valence-electron chi connectivity index (χ2n) is 7.99. The van der Waals surface area contributed by atoms with Crippen LogP contribution < -0.4 is 14.8 Å². The van der Waals surface area contributed by atoms with E-state index in [1.807, 2.05) is 0 Å². The van der Waals surface area contributed by atoms with Crippen molar-refractivity contribution in [1.82, 2.24) is 29.1 Å². The van der Waals surface area contributed by atoms with Gasteiger partial charge in [0.05, 0.1) is 12.4 Å². The van der Waals surface area contributed by atoms with Crippen molar-refractivity contribution in [2.75, 3.05) is 33.0 Å². The van der Waals surface area contributed by atoms with Crippen LogP contribution >= 0.6 is 11.5 Å². The van der Waals surface area contributed by atoms with Crippen LogP contribution in [0.15, 0.2) is 30.6 Å². The number of amides is 3. The lowest BCUT2D eigenvalue weighted by Crippen LogP contribution is -2.29. The van der Waals surface area contributed by atoms with Crippen molar-refractivity contribution in [2.45, 2.75) is 19.4 Å². The number of carbonyl (C=O) groups is 3. The van der Waals surface area contributed by atoms with Crippen LogP contribution in [-0.4, -0.2) is 80.6 Å². The van der Waals surface area contributed by atoms with Gasteiger partial charge in [0.2, 0.25) is 11.0 Å². The van der Waals surface area contributed by atoms with E-state index in [0.29, 0.717) is 23.9 Å². The van der Waals surface area contributed by atoms with Gasteiger partial charge in [-0.25, -0.2) is 15.0 Å². The Kier molecular flexibility index (Phi) is 6.87. The molecule has 1 aliphatic heterocycles. The lowest BCUT2D eigenvalue weighted by Gasteiger charge is -2.15. The highest BCUT2D eigenvalue weighted by Gasteiger charge is 2.31. The summed E-state index contributed by atoms with van der Waals surface area (Å²) in [5.41, 5.74) is 0.382. The molecule has 1 aliphatic rings. The van der Waals surface area contributed by atoms with Crippen molar-refractivity contribution >= 4 is 34.4 Å². The minimum Gasteiger partial charge on any atom is -0.480 e. The molecule has 35 heavy (non-hydrogen) atoms. The molecule has 0 saturated carbocycles. The second kappa shape index (κ2) is 10.0. The number of aromatic nitrogens is 4. The maximum atomic E-state index is 12.9. The minimum absolute atomic E-state index is 0.111. The number of benzene rings is 1. The highest BCUT2D eigenvalue weighted by molar-refractivity contribution is 7.09. The molecule has 1 saturated heterocycles. The first-order valence-electron chi connectivity index (χ1n) is 10.6. The van der Waals surface area contributed by atoms with E-state index in [1.54, 1.807) is 39.0 Å². The number of anilines is 1. The van der Waals surface area contributed by atoms with E-state index < -0.39 is 12.0 Å². The number of nitrogens with zero attached hydrogens (tertiary/aromatic N) is 6. The highest BCUT2D eigenvalue weighted by atomic mass is 32.1. The number of nitrogens with one attached hydrogen (secondary N) is 1. The Morgan fingerprint density at radius 1 is 1.17 bits per heavy atom. The smallest absolute Gasteiger partial charge is 0.273 e.